The highest BCUT2D eigenvalue weighted by atomic mass is 16.5. The maximum atomic E-state index is 13.9. The lowest BCUT2D eigenvalue weighted by atomic mass is 9.87. The highest BCUT2D eigenvalue weighted by Gasteiger charge is 2.35. The molecule has 9 nitrogen and oxygen atoms in total. The van der Waals surface area contributed by atoms with E-state index in [2.05, 4.69) is 0 Å². The zero-order chi connectivity index (χ0) is 25.8. The number of benzene rings is 2. The van der Waals surface area contributed by atoms with Crippen molar-refractivity contribution in [2.45, 2.75) is 12.5 Å². The Morgan fingerprint density at radius 1 is 0.973 bits per heavy atom. The summed E-state index contributed by atoms with van der Waals surface area (Å²) in [5, 5.41) is 0. The van der Waals surface area contributed by atoms with Crippen LogP contribution in [0.15, 0.2) is 59.4 Å². The van der Waals surface area contributed by atoms with Crippen molar-refractivity contribution in [1.82, 2.24) is 9.80 Å². The van der Waals surface area contributed by atoms with Crippen molar-refractivity contribution in [3.8, 4) is 17.2 Å². The van der Waals surface area contributed by atoms with Gasteiger partial charge in [-0.2, -0.15) is 0 Å². The summed E-state index contributed by atoms with van der Waals surface area (Å²) in [6.07, 6.45) is 3.48. The lowest BCUT2D eigenvalue weighted by molar-refractivity contribution is -0.134. The largest absolute Gasteiger partial charge is 0.493 e. The Hall–Kier alpha value is -3.98. The number of fused-ring (bicyclic) bond motifs is 11. The number of hydrogen-bond acceptors (Lipinski definition) is 7. The number of furan rings is 1. The Balaban J connectivity index is 1.54. The van der Waals surface area contributed by atoms with Crippen LogP contribution in [-0.2, 0) is 16.0 Å². The van der Waals surface area contributed by atoms with Crippen LogP contribution >= 0.6 is 0 Å². The number of nitrogens with zero attached hydrogens (tertiary/aromatic N) is 2. The van der Waals surface area contributed by atoms with Gasteiger partial charge in [0.25, 0.3) is 5.91 Å². The minimum atomic E-state index is -0.364. The molecule has 0 aliphatic carbocycles. The quantitative estimate of drug-likeness (QED) is 0.504. The average molecular weight is 507 g/mol. The predicted octanol–water partition coefficient (Wildman–Crippen LogP) is 3.32. The van der Waals surface area contributed by atoms with E-state index < -0.39 is 0 Å². The third kappa shape index (κ3) is 5.13. The molecule has 2 aromatic carbocycles. The third-order valence-corrected chi connectivity index (χ3v) is 6.77. The number of carbonyl (C=O) groups is 2. The van der Waals surface area contributed by atoms with Crippen molar-refractivity contribution in [2.24, 2.45) is 0 Å². The van der Waals surface area contributed by atoms with Gasteiger partial charge in [-0.3, -0.25) is 9.59 Å². The average Bonchev–Trinajstić information content (AvgIpc) is 3.47. The van der Waals surface area contributed by atoms with Crippen LogP contribution in [0.5, 0.6) is 17.2 Å². The van der Waals surface area contributed by atoms with E-state index in [1.54, 1.807) is 20.3 Å². The van der Waals surface area contributed by atoms with E-state index in [4.69, 9.17) is 23.4 Å². The first-order chi connectivity index (χ1) is 18.1. The minimum Gasteiger partial charge on any atom is -0.493 e. The molecule has 194 valence electrons. The van der Waals surface area contributed by atoms with E-state index in [9.17, 15) is 9.59 Å². The van der Waals surface area contributed by atoms with Crippen molar-refractivity contribution in [3.05, 3.63) is 77.2 Å². The van der Waals surface area contributed by atoms with Crippen molar-refractivity contribution < 1.29 is 33.0 Å². The molecular weight excluding hydrogens is 476 g/mol. The van der Waals surface area contributed by atoms with Gasteiger partial charge in [0.1, 0.15) is 25.2 Å². The SMILES string of the molecule is COc1cc2c(cc1OC)C1c3ccc(cc3)OCCOCCN(C(=O)c3ccoc3)CC(=O)N1CC2. The van der Waals surface area contributed by atoms with Crippen molar-refractivity contribution in [3.63, 3.8) is 0 Å². The topological polar surface area (TPSA) is 90.7 Å². The van der Waals surface area contributed by atoms with Crippen LogP contribution in [0.4, 0.5) is 0 Å². The molecule has 6 rings (SSSR count). The van der Waals surface area contributed by atoms with Gasteiger partial charge in [-0.25, -0.2) is 0 Å². The maximum Gasteiger partial charge on any atom is 0.257 e. The van der Waals surface area contributed by atoms with Crippen LogP contribution in [0.25, 0.3) is 0 Å². The van der Waals surface area contributed by atoms with E-state index in [0.717, 1.165) is 22.4 Å². The first-order valence-electron chi connectivity index (χ1n) is 12.2. The predicted molar refractivity (Wildman–Crippen MR) is 134 cm³/mol. The summed E-state index contributed by atoms with van der Waals surface area (Å²) in [4.78, 5) is 30.4. The highest BCUT2D eigenvalue weighted by Crippen LogP contribution is 2.41. The van der Waals surface area contributed by atoms with Crippen LogP contribution in [0.3, 0.4) is 0 Å². The van der Waals surface area contributed by atoms with Crippen LogP contribution in [0.1, 0.15) is 33.1 Å². The van der Waals surface area contributed by atoms with Gasteiger partial charge in [-0.05, 0) is 53.4 Å². The monoisotopic (exact) mass is 506 g/mol. The standard InChI is InChI=1S/C28H30N2O7/c1-33-24-15-20-7-9-30-26(31)17-29(28(32)21-8-11-36-18-21)10-12-35-13-14-37-22-5-3-19(4-6-22)27(30)23(20)16-25(24)34-2/h3-6,8,11,15-16,18,27H,7,9-10,12-14,17H2,1-2H3. The third-order valence-electron chi connectivity index (χ3n) is 6.77. The zero-order valence-corrected chi connectivity index (χ0v) is 21.0. The molecule has 2 bridgehead atoms. The van der Waals surface area contributed by atoms with E-state index in [0.29, 0.717) is 43.2 Å². The second kappa shape index (κ2) is 11.0. The van der Waals surface area contributed by atoms with E-state index >= 15 is 0 Å². The zero-order valence-electron chi connectivity index (χ0n) is 21.0. The molecular formula is C28H30N2O7. The summed E-state index contributed by atoms with van der Waals surface area (Å²) >= 11 is 0. The number of ether oxygens (including phenoxy) is 4. The molecule has 3 aromatic rings. The molecule has 0 fully saturated rings. The van der Waals surface area contributed by atoms with Gasteiger partial charge in [0.15, 0.2) is 11.5 Å². The van der Waals surface area contributed by atoms with Crippen LogP contribution in [-0.4, -0.2) is 75.3 Å². The molecule has 1 aromatic heterocycles. The summed E-state index contributed by atoms with van der Waals surface area (Å²) in [5.74, 6) is 1.53. The molecule has 3 aliphatic rings. The summed E-state index contributed by atoms with van der Waals surface area (Å²) in [6.45, 7) is 1.70. The second-order valence-electron chi connectivity index (χ2n) is 8.91. The molecule has 37 heavy (non-hydrogen) atoms. The molecule has 0 saturated heterocycles. The Labute approximate surface area is 215 Å². The van der Waals surface area contributed by atoms with Crippen molar-refractivity contribution >= 4 is 11.8 Å². The van der Waals surface area contributed by atoms with E-state index in [-0.39, 0.29) is 37.6 Å². The molecule has 1 atom stereocenters. The van der Waals surface area contributed by atoms with Gasteiger partial charge in [-0.1, -0.05) is 12.1 Å². The van der Waals surface area contributed by atoms with Gasteiger partial charge >= 0.3 is 0 Å². The Morgan fingerprint density at radius 2 is 1.76 bits per heavy atom. The van der Waals surface area contributed by atoms with Gasteiger partial charge in [0.2, 0.25) is 5.91 Å². The van der Waals surface area contributed by atoms with Crippen LogP contribution < -0.4 is 14.2 Å². The maximum absolute atomic E-state index is 13.9. The fraction of sp³-hybridized carbons (Fsp3) is 0.357. The molecule has 4 heterocycles. The van der Waals surface area contributed by atoms with E-state index in [1.807, 2.05) is 41.3 Å². The molecule has 0 N–H and O–H groups in total. The van der Waals surface area contributed by atoms with Crippen molar-refractivity contribution in [1.29, 1.82) is 0 Å². The number of amides is 2. The lowest BCUT2D eigenvalue weighted by Crippen LogP contribution is -2.47. The second-order valence-corrected chi connectivity index (χ2v) is 8.91. The Kier molecular flexibility index (Phi) is 7.32. The molecule has 0 spiro atoms. The van der Waals surface area contributed by atoms with Gasteiger partial charge in [-0.15, -0.1) is 0 Å². The Morgan fingerprint density at radius 3 is 2.49 bits per heavy atom. The summed E-state index contributed by atoms with van der Waals surface area (Å²) < 4.78 is 27.7. The van der Waals surface area contributed by atoms with Crippen LogP contribution in [0, 0.1) is 0 Å². The number of rotatable bonds is 3. The molecule has 1 unspecified atom stereocenters. The molecule has 2 amide bonds. The molecule has 0 radical (unpaired) electrons. The number of carbonyl (C=O) groups excluding carboxylic acids is 2. The Bertz CT molecular complexity index is 1240. The lowest BCUT2D eigenvalue weighted by Gasteiger charge is -2.39. The minimum absolute atomic E-state index is 0.0823. The van der Waals surface area contributed by atoms with Gasteiger partial charge in [0, 0.05) is 13.1 Å². The van der Waals surface area contributed by atoms with Gasteiger partial charge in [0.05, 0.1) is 45.3 Å². The molecule has 9 heteroatoms. The normalized spacial score (nSPS) is 18.2. The fourth-order valence-corrected chi connectivity index (χ4v) is 4.89. The van der Waals surface area contributed by atoms with E-state index in [1.165, 1.54) is 17.4 Å². The first kappa shape index (κ1) is 24.7. The van der Waals surface area contributed by atoms with Crippen molar-refractivity contribution in [2.75, 3.05) is 53.7 Å². The fourth-order valence-electron chi connectivity index (χ4n) is 4.89. The number of hydrogen-bond donors (Lipinski definition) is 0. The van der Waals surface area contributed by atoms with Gasteiger partial charge < -0.3 is 33.2 Å². The number of methoxy groups -OCH3 is 2. The summed E-state index contributed by atoms with van der Waals surface area (Å²) in [7, 11) is 3.21. The molecule has 3 aliphatic heterocycles. The molecule has 0 saturated carbocycles. The summed E-state index contributed by atoms with van der Waals surface area (Å²) in [5.41, 5.74) is 3.38. The van der Waals surface area contributed by atoms with Crippen LogP contribution in [0.2, 0.25) is 0 Å². The highest BCUT2D eigenvalue weighted by molar-refractivity contribution is 5.96. The first-order valence-corrected chi connectivity index (χ1v) is 12.2. The smallest absolute Gasteiger partial charge is 0.257 e. The summed E-state index contributed by atoms with van der Waals surface area (Å²) in [6, 6.07) is 12.9.